The van der Waals surface area contributed by atoms with Gasteiger partial charge in [0, 0.05) is 13.1 Å². The predicted octanol–water partition coefficient (Wildman–Crippen LogP) is 11.8. The van der Waals surface area contributed by atoms with Crippen LogP contribution in [0.4, 0.5) is 11.5 Å². The van der Waals surface area contributed by atoms with Crippen molar-refractivity contribution in [3.05, 3.63) is 88.7 Å². The molecule has 54 heavy (non-hydrogen) atoms. The Bertz CT molecular complexity index is 1910. The van der Waals surface area contributed by atoms with E-state index in [1.807, 2.05) is 54.6 Å². The Morgan fingerprint density at radius 2 is 1.50 bits per heavy atom. The number of hydrogen-bond acceptors (Lipinski definition) is 7. The zero-order valence-electron chi connectivity index (χ0n) is 32.7. The summed E-state index contributed by atoms with van der Waals surface area (Å²) in [5.74, 6) is 1.11. The van der Waals surface area contributed by atoms with Gasteiger partial charge in [0.05, 0.1) is 21.6 Å². The number of aromatic amines is 1. The zero-order chi connectivity index (χ0) is 38.1. The van der Waals surface area contributed by atoms with Crippen LogP contribution in [-0.4, -0.2) is 39.9 Å². The van der Waals surface area contributed by atoms with Gasteiger partial charge in [-0.3, -0.25) is 14.7 Å². The van der Waals surface area contributed by atoms with Crippen LogP contribution in [0.5, 0.6) is 5.75 Å². The predicted molar refractivity (Wildman–Crippen MR) is 228 cm³/mol. The lowest BCUT2D eigenvalue weighted by molar-refractivity contribution is -0.122. The second-order valence-corrected chi connectivity index (χ2v) is 16.3. The van der Waals surface area contributed by atoms with Gasteiger partial charge in [0.25, 0.3) is 11.5 Å². The molecular weight excluding hydrogens is 711 g/mol. The van der Waals surface area contributed by atoms with E-state index < -0.39 is 6.10 Å². The monoisotopic (exact) mass is 769 g/mol. The number of fused-ring (bicyclic) bond motifs is 1. The van der Waals surface area contributed by atoms with Crippen LogP contribution in [0.25, 0.3) is 15.9 Å². The number of nitrogens with one attached hydrogen (secondary N) is 2. The van der Waals surface area contributed by atoms with Gasteiger partial charge in [0.1, 0.15) is 16.5 Å². The number of benzene rings is 3. The number of ether oxygens (including phenoxy) is 1. The number of aromatic nitrogens is 3. The van der Waals surface area contributed by atoms with Crippen molar-refractivity contribution in [2.45, 2.75) is 133 Å². The van der Waals surface area contributed by atoms with Gasteiger partial charge in [0.15, 0.2) is 10.4 Å². The molecule has 0 aliphatic carbocycles. The second-order valence-electron chi connectivity index (χ2n) is 14.1. The van der Waals surface area contributed by atoms with Crippen LogP contribution in [0.1, 0.15) is 117 Å². The van der Waals surface area contributed by atoms with Crippen LogP contribution in [0, 0.1) is 0 Å². The molecule has 0 radical (unpaired) electrons. The van der Waals surface area contributed by atoms with E-state index in [0.29, 0.717) is 22.0 Å². The van der Waals surface area contributed by atoms with Gasteiger partial charge in [0.2, 0.25) is 0 Å². The molecule has 1 unspecified atom stereocenters. The first-order valence-corrected chi connectivity index (χ1v) is 21.8. The van der Waals surface area contributed by atoms with E-state index in [2.05, 4.69) is 48.2 Å². The summed E-state index contributed by atoms with van der Waals surface area (Å²) >= 11 is 2.94. The number of H-pyrrole nitrogens is 1. The van der Waals surface area contributed by atoms with Gasteiger partial charge in [-0.05, 0) is 87.3 Å². The molecule has 5 rings (SSSR count). The molecular formula is C44H59N5O3S2. The molecule has 290 valence electrons. The average Bonchev–Trinajstić information content (AvgIpc) is 3.74. The van der Waals surface area contributed by atoms with E-state index in [1.165, 1.54) is 99.1 Å². The number of rotatable bonds is 24. The van der Waals surface area contributed by atoms with Crippen molar-refractivity contribution in [2.75, 3.05) is 23.3 Å². The molecule has 3 aromatic carbocycles. The summed E-state index contributed by atoms with van der Waals surface area (Å²) in [6.07, 6.45) is 17.7. The third kappa shape index (κ3) is 11.7. The Kier molecular flexibility index (Phi) is 16.6. The van der Waals surface area contributed by atoms with E-state index in [4.69, 9.17) is 9.72 Å². The van der Waals surface area contributed by atoms with E-state index >= 15 is 0 Å². The molecule has 2 N–H and O–H groups in total. The minimum Gasteiger partial charge on any atom is -0.481 e. The normalized spacial score (nSPS) is 11.9. The Hall–Kier alpha value is -4.02. The van der Waals surface area contributed by atoms with Crippen molar-refractivity contribution in [1.29, 1.82) is 0 Å². The zero-order valence-corrected chi connectivity index (χ0v) is 34.3. The highest BCUT2D eigenvalue weighted by Crippen LogP contribution is 2.37. The minimum atomic E-state index is -0.749. The van der Waals surface area contributed by atoms with Crippen LogP contribution in [-0.2, 0) is 11.2 Å². The van der Waals surface area contributed by atoms with Gasteiger partial charge >= 0.3 is 0 Å². The molecule has 0 aliphatic heterocycles. The van der Waals surface area contributed by atoms with Crippen LogP contribution < -0.4 is 20.5 Å². The Balaban J connectivity index is 1.16. The maximum atomic E-state index is 14.1. The fourth-order valence-corrected chi connectivity index (χ4v) is 8.95. The van der Waals surface area contributed by atoms with Crippen molar-refractivity contribution in [2.24, 2.45) is 0 Å². The summed E-state index contributed by atoms with van der Waals surface area (Å²) in [6.45, 7) is 9.60. The summed E-state index contributed by atoms with van der Waals surface area (Å²) in [7, 11) is 0. The molecule has 0 saturated heterocycles. The van der Waals surface area contributed by atoms with Crippen molar-refractivity contribution in [3.8, 4) is 11.4 Å². The van der Waals surface area contributed by atoms with E-state index in [9.17, 15) is 9.59 Å². The first kappa shape index (κ1) is 41.1. The lowest BCUT2D eigenvalue weighted by Crippen LogP contribution is -2.31. The van der Waals surface area contributed by atoms with E-state index in [-0.39, 0.29) is 11.5 Å². The fourth-order valence-electron chi connectivity index (χ4n) is 6.80. The summed E-state index contributed by atoms with van der Waals surface area (Å²) in [6, 6.07) is 23.4. The van der Waals surface area contributed by atoms with Crippen LogP contribution in [0.2, 0.25) is 0 Å². The van der Waals surface area contributed by atoms with Crippen molar-refractivity contribution in [3.63, 3.8) is 0 Å². The largest absolute Gasteiger partial charge is 0.481 e. The number of para-hydroxylation sites is 3. The number of carbonyl (C=O) groups is 1. The number of amides is 1. The first-order chi connectivity index (χ1) is 26.4. The third-order valence-corrected chi connectivity index (χ3v) is 12.1. The number of carbonyl (C=O) groups excluding carboxylic acids is 1. The lowest BCUT2D eigenvalue weighted by atomic mass is 10.0. The molecule has 10 heteroatoms. The Morgan fingerprint density at radius 1 is 0.852 bits per heavy atom. The van der Waals surface area contributed by atoms with Crippen LogP contribution in [0.15, 0.2) is 86.8 Å². The molecule has 1 atom stereocenters. The lowest BCUT2D eigenvalue weighted by Gasteiger charge is -2.20. The molecule has 0 bridgehead atoms. The fraction of sp³-hybridized carbons (Fsp3) is 0.477. The SMILES string of the molecule is CCCCCCCCCCCCCCCc1cccc(OC(C)C(=O)Nc2ccccc2-n2[nH]c(N(CC)CC)c(Sc3nc4ccccc4s3)c2=O)c1. The maximum absolute atomic E-state index is 14.1. The molecule has 0 saturated carbocycles. The number of unbranched alkanes of at least 4 members (excludes halogenated alkanes) is 12. The second kappa shape index (κ2) is 21.8. The average molecular weight is 770 g/mol. The smallest absolute Gasteiger partial charge is 0.287 e. The quantitative estimate of drug-likeness (QED) is 0.0607. The summed E-state index contributed by atoms with van der Waals surface area (Å²) < 4.78 is 9.54. The molecule has 8 nitrogen and oxygen atoms in total. The van der Waals surface area contributed by atoms with Crippen LogP contribution >= 0.6 is 23.1 Å². The highest BCUT2D eigenvalue weighted by Gasteiger charge is 2.24. The summed E-state index contributed by atoms with van der Waals surface area (Å²) in [5.41, 5.74) is 3.00. The number of anilines is 2. The Morgan fingerprint density at radius 3 is 2.19 bits per heavy atom. The molecule has 0 aliphatic rings. The van der Waals surface area contributed by atoms with Crippen molar-refractivity contribution >= 4 is 50.7 Å². The van der Waals surface area contributed by atoms with Crippen LogP contribution in [0.3, 0.4) is 0 Å². The molecule has 2 heterocycles. The van der Waals surface area contributed by atoms with Gasteiger partial charge in [-0.2, -0.15) is 0 Å². The molecule has 5 aromatic rings. The number of thiazole rings is 1. The molecule has 0 fully saturated rings. The summed E-state index contributed by atoms with van der Waals surface area (Å²) in [4.78, 5) is 35.1. The summed E-state index contributed by atoms with van der Waals surface area (Å²) in [5, 5.41) is 6.39. The van der Waals surface area contributed by atoms with Gasteiger partial charge < -0.3 is 15.0 Å². The molecule has 1 amide bonds. The molecule has 2 aromatic heterocycles. The highest BCUT2D eigenvalue weighted by molar-refractivity contribution is 8.01. The van der Waals surface area contributed by atoms with E-state index in [0.717, 1.165) is 46.3 Å². The Labute approximate surface area is 330 Å². The van der Waals surface area contributed by atoms with Crippen molar-refractivity contribution < 1.29 is 9.53 Å². The third-order valence-electron chi connectivity index (χ3n) is 9.93. The maximum Gasteiger partial charge on any atom is 0.287 e. The minimum absolute atomic E-state index is 0.201. The molecule has 0 spiro atoms. The van der Waals surface area contributed by atoms with Gasteiger partial charge in [-0.15, -0.1) is 11.3 Å². The van der Waals surface area contributed by atoms with Gasteiger partial charge in [-0.25, -0.2) is 9.67 Å². The van der Waals surface area contributed by atoms with E-state index in [1.54, 1.807) is 24.3 Å². The number of hydrogen-bond donors (Lipinski definition) is 2. The first-order valence-electron chi connectivity index (χ1n) is 20.2. The topological polar surface area (TPSA) is 92.2 Å². The number of nitrogens with zero attached hydrogens (tertiary/aromatic N) is 3. The van der Waals surface area contributed by atoms with Gasteiger partial charge in [-0.1, -0.05) is 120 Å². The number of aryl methyl sites for hydroxylation is 1. The highest BCUT2D eigenvalue weighted by atomic mass is 32.2. The standard InChI is InChI=1S/C44H59N5O3S2/c1-5-8-9-10-11-12-13-14-15-16-17-18-19-25-34-26-24-27-35(32-34)52-33(4)42(50)45-36-28-20-22-30-38(36)49-43(51)40(41(47-49)48(6-2)7-3)54-44-46-37-29-21-23-31-39(37)53-44/h20-24,26-33,47H,5-19,25H2,1-4H3,(H,45,50). The van der Waals surface area contributed by atoms with Crippen molar-refractivity contribution in [1.82, 2.24) is 14.8 Å².